The number of carbonyl (C=O) groups excluding carboxylic acids is 1. The maximum Gasteiger partial charge on any atom is 0.345 e. The van der Waals surface area contributed by atoms with Gasteiger partial charge in [-0.2, -0.15) is 5.10 Å². The molecule has 1 saturated carbocycles. The summed E-state index contributed by atoms with van der Waals surface area (Å²) in [7, 11) is 0. The maximum atomic E-state index is 13.3. The normalized spacial score (nSPS) is 17.5. The van der Waals surface area contributed by atoms with Gasteiger partial charge in [0.05, 0.1) is 11.4 Å². The zero-order chi connectivity index (χ0) is 19.3. The predicted octanol–water partition coefficient (Wildman–Crippen LogP) is 3.66. The van der Waals surface area contributed by atoms with Gasteiger partial charge in [0.2, 0.25) is 0 Å². The van der Waals surface area contributed by atoms with E-state index in [0.717, 1.165) is 49.0 Å². The van der Waals surface area contributed by atoms with Crippen LogP contribution >= 0.6 is 0 Å². The van der Waals surface area contributed by atoms with E-state index in [0.29, 0.717) is 5.82 Å². The van der Waals surface area contributed by atoms with Crippen molar-refractivity contribution >= 4 is 5.97 Å². The first-order valence-corrected chi connectivity index (χ1v) is 9.71. The van der Waals surface area contributed by atoms with Gasteiger partial charge in [0.25, 0.3) is 5.56 Å². The number of para-hydroxylation sites is 1. The van der Waals surface area contributed by atoms with E-state index in [-0.39, 0.29) is 11.1 Å². The lowest BCUT2D eigenvalue weighted by Crippen LogP contribution is -2.30. The number of aryl methyl sites for hydroxylation is 1. The third kappa shape index (κ3) is 2.44. The van der Waals surface area contributed by atoms with E-state index in [2.05, 4.69) is 5.10 Å². The molecular weight excluding hydrogens is 354 g/mol. The fourth-order valence-electron chi connectivity index (χ4n) is 4.49. The smallest absolute Gasteiger partial charge is 0.345 e. The lowest BCUT2D eigenvalue weighted by Gasteiger charge is -2.32. The average molecular weight is 375 g/mol. The summed E-state index contributed by atoms with van der Waals surface area (Å²) < 4.78 is 8.99. The number of esters is 1. The van der Waals surface area contributed by atoms with Crippen molar-refractivity contribution in [1.29, 1.82) is 0 Å². The zero-order valence-electron chi connectivity index (χ0n) is 15.7. The number of benzene rings is 1. The molecule has 0 saturated heterocycles. The van der Waals surface area contributed by atoms with E-state index in [1.807, 2.05) is 49.4 Å². The second kappa shape index (κ2) is 6.19. The van der Waals surface area contributed by atoms with Crippen molar-refractivity contribution in [1.82, 2.24) is 14.3 Å². The molecule has 1 aliphatic heterocycles. The zero-order valence-corrected chi connectivity index (χ0v) is 15.7. The summed E-state index contributed by atoms with van der Waals surface area (Å²) >= 11 is 0. The van der Waals surface area contributed by atoms with Crippen LogP contribution in [0.25, 0.3) is 11.5 Å². The highest BCUT2D eigenvalue weighted by atomic mass is 16.6. The van der Waals surface area contributed by atoms with Gasteiger partial charge in [-0.1, -0.05) is 24.6 Å². The molecule has 5 rings (SSSR count). The summed E-state index contributed by atoms with van der Waals surface area (Å²) in [5.74, 6) is 0.104. The van der Waals surface area contributed by atoms with Crippen LogP contribution in [0.1, 0.15) is 53.7 Å². The monoisotopic (exact) mass is 375 g/mol. The molecule has 0 unspecified atom stereocenters. The van der Waals surface area contributed by atoms with Crippen LogP contribution in [-0.2, 0) is 10.3 Å². The van der Waals surface area contributed by atoms with Crippen LogP contribution in [0.4, 0.5) is 0 Å². The maximum absolute atomic E-state index is 13.3. The fourth-order valence-corrected chi connectivity index (χ4v) is 4.49. The summed E-state index contributed by atoms with van der Waals surface area (Å²) in [6.45, 7) is 1.88. The van der Waals surface area contributed by atoms with Gasteiger partial charge in [0, 0.05) is 17.8 Å². The van der Waals surface area contributed by atoms with Gasteiger partial charge in [-0.05, 0) is 50.8 Å². The van der Waals surface area contributed by atoms with Gasteiger partial charge in [0.15, 0.2) is 0 Å². The van der Waals surface area contributed by atoms with Gasteiger partial charge >= 0.3 is 5.97 Å². The average Bonchev–Trinajstić information content (AvgIpc) is 3.22. The van der Waals surface area contributed by atoms with Crippen molar-refractivity contribution in [3.8, 4) is 11.5 Å². The number of rotatable bonds is 2. The highest BCUT2D eigenvalue weighted by Gasteiger charge is 2.47. The Morgan fingerprint density at radius 2 is 1.79 bits per heavy atom. The van der Waals surface area contributed by atoms with Gasteiger partial charge in [-0.25, -0.2) is 9.48 Å². The topological polar surface area (TPSA) is 66.1 Å². The first-order valence-electron chi connectivity index (χ1n) is 9.71. The minimum Gasteiger partial charge on any atom is -0.450 e. The van der Waals surface area contributed by atoms with E-state index in [1.165, 1.54) is 4.57 Å². The summed E-state index contributed by atoms with van der Waals surface area (Å²) in [4.78, 5) is 26.0. The van der Waals surface area contributed by atoms with Crippen LogP contribution in [-0.4, -0.2) is 20.3 Å². The number of ether oxygens (including phenoxy) is 1. The van der Waals surface area contributed by atoms with Gasteiger partial charge in [0.1, 0.15) is 17.0 Å². The minimum atomic E-state index is -0.613. The second-order valence-electron chi connectivity index (χ2n) is 7.62. The molecule has 1 spiro atoms. The first kappa shape index (κ1) is 17.0. The number of pyridine rings is 1. The lowest BCUT2D eigenvalue weighted by molar-refractivity contribution is -0.0280. The number of fused-ring (bicyclic) bond motifs is 2. The van der Waals surface area contributed by atoms with E-state index in [1.54, 1.807) is 10.9 Å². The summed E-state index contributed by atoms with van der Waals surface area (Å²) in [5.41, 5.74) is 1.60. The van der Waals surface area contributed by atoms with E-state index >= 15 is 0 Å². The number of hydrogen-bond acceptors (Lipinski definition) is 4. The molecule has 2 aromatic heterocycles. The molecule has 6 nitrogen and oxygen atoms in total. The number of hydrogen-bond donors (Lipinski definition) is 0. The lowest BCUT2D eigenvalue weighted by atomic mass is 9.80. The molecule has 2 aliphatic rings. The molecule has 1 aromatic carbocycles. The van der Waals surface area contributed by atoms with Crippen molar-refractivity contribution in [2.45, 2.75) is 44.6 Å². The molecule has 0 bridgehead atoms. The Morgan fingerprint density at radius 1 is 1.04 bits per heavy atom. The molecule has 0 atom stereocenters. The second-order valence-corrected chi connectivity index (χ2v) is 7.62. The van der Waals surface area contributed by atoms with Gasteiger partial charge < -0.3 is 4.74 Å². The van der Waals surface area contributed by atoms with Crippen LogP contribution in [0.5, 0.6) is 0 Å². The molecule has 3 heterocycles. The Hall–Kier alpha value is -3.15. The summed E-state index contributed by atoms with van der Waals surface area (Å²) in [5, 5.41) is 4.54. The molecule has 1 fully saturated rings. The van der Waals surface area contributed by atoms with Crippen molar-refractivity contribution in [2.75, 3.05) is 0 Å². The number of carbonyl (C=O) groups is 1. The van der Waals surface area contributed by atoms with Crippen LogP contribution < -0.4 is 5.56 Å². The Balaban J connectivity index is 1.68. The summed E-state index contributed by atoms with van der Waals surface area (Å²) in [6, 6.07) is 13.4. The van der Waals surface area contributed by atoms with E-state index in [4.69, 9.17) is 4.74 Å². The molecule has 6 heteroatoms. The first-order chi connectivity index (χ1) is 13.6. The molecular formula is C22H21N3O3. The van der Waals surface area contributed by atoms with Gasteiger partial charge in [-0.15, -0.1) is 0 Å². The van der Waals surface area contributed by atoms with Gasteiger partial charge in [-0.3, -0.25) is 9.36 Å². The summed E-state index contributed by atoms with van der Waals surface area (Å²) in [6.07, 6.45) is 6.48. The Kier molecular flexibility index (Phi) is 3.75. The Bertz CT molecular complexity index is 1120. The number of aromatic nitrogens is 3. The van der Waals surface area contributed by atoms with Crippen molar-refractivity contribution in [3.05, 3.63) is 75.8 Å². The quantitative estimate of drug-likeness (QED) is 0.641. The molecule has 0 radical (unpaired) electrons. The third-order valence-electron chi connectivity index (χ3n) is 5.80. The van der Waals surface area contributed by atoms with E-state index < -0.39 is 11.6 Å². The fraction of sp³-hybridized carbons (Fsp3) is 0.318. The van der Waals surface area contributed by atoms with Crippen molar-refractivity contribution in [2.24, 2.45) is 0 Å². The SMILES string of the molecule is Cc1cc(-n2ccc3c(c2=O)C(=O)OC32CCCCC2)n(-c2ccccc2)n1. The highest BCUT2D eigenvalue weighted by molar-refractivity contribution is 5.94. The minimum absolute atomic E-state index is 0.169. The molecule has 28 heavy (non-hydrogen) atoms. The van der Waals surface area contributed by atoms with Crippen LogP contribution in [0.3, 0.4) is 0 Å². The number of nitrogens with zero attached hydrogens (tertiary/aromatic N) is 3. The highest BCUT2D eigenvalue weighted by Crippen LogP contribution is 2.45. The van der Waals surface area contributed by atoms with Crippen LogP contribution in [0, 0.1) is 6.92 Å². The Labute approximate surface area is 162 Å². The predicted molar refractivity (Wildman–Crippen MR) is 104 cm³/mol. The third-order valence-corrected chi connectivity index (χ3v) is 5.80. The largest absolute Gasteiger partial charge is 0.450 e. The molecule has 0 amide bonds. The molecule has 3 aromatic rings. The molecule has 0 N–H and O–H groups in total. The van der Waals surface area contributed by atoms with Crippen molar-refractivity contribution < 1.29 is 9.53 Å². The Morgan fingerprint density at radius 3 is 2.54 bits per heavy atom. The van der Waals surface area contributed by atoms with Crippen LogP contribution in [0.2, 0.25) is 0 Å². The van der Waals surface area contributed by atoms with Crippen LogP contribution in [0.15, 0.2) is 53.5 Å². The molecule has 1 aliphatic carbocycles. The van der Waals surface area contributed by atoms with Crippen molar-refractivity contribution in [3.63, 3.8) is 0 Å². The molecule has 142 valence electrons. The van der Waals surface area contributed by atoms with E-state index in [9.17, 15) is 9.59 Å². The standard InChI is InChI=1S/C22H21N3O3/c1-15-14-18(25(23-15)16-8-4-2-5-9-16)24-13-10-17-19(20(24)26)21(27)28-22(17)11-6-3-7-12-22/h2,4-5,8-10,13-14H,3,6-7,11-12H2,1H3.